The van der Waals surface area contributed by atoms with Crippen LogP contribution in [0.1, 0.15) is 37.7 Å². The largest absolute Gasteiger partial charge is 0.324 e. The van der Waals surface area contributed by atoms with Crippen molar-refractivity contribution >= 4 is 0 Å². The zero-order chi connectivity index (χ0) is 13.0. The molecule has 0 bridgehead atoms. The molecule has 2 N–H and O–H groups in total. The Hall–Kier alpha value is -1.22. The van der Waals surface area contributed by atoms with Crippen molar-refractivity contribution in [3.05, 3.63) is 47.0 Å². The van der Waals surface area contributed by atoms with Crippen LogP contribution >= 0.6 is 0 Å². The molecule has 3 heteroatoms. The molecule has 1 unspecified atom stereocenters. The number of hydrogen-bond donors (Lipinski definition) is 1. The van der Waals surface area contributed by atoms with Crippen LogP contribution in [0.25, 0.3) is 0 Å². The van der Waals surface area contributed by atoms with Gasteiger partial charge in [0, 0.05) is 11.6 Å². The van der Waals surface area contributed by atoms with Gasteiger partial charge in [0.05, 0.1) is 0 Å². The minimum absolute atomic E-state index is 0.107. The van der Waals surface area contributed by atoms with E-state index >= 15 is 0 Å². The number of halogens is 2. The Morgan fingerprint density at radius 3 is 2.56 bits per heavy atom. The van der Waals surface area contributed by atoms with E-state index in [0.29, 0.717) is 0 Å². The number of benzene rings is 1. The highest BCUT2D eigenvalue weighted by atomic mass is 19.1. The molecule has 0 radical (unpaired) electrons. The van der Waals surface area contributed by atoms with Gasteiger partial charge in [-0.25, -0.2) is 8.78 Å². The molecule has 0 fully saturated rings. The summed E-state index contributed by atoms with van der Waals surface area (Å²) >= 11 is 0. The first-order chi connectivity index (χ1) is 8.68. The minimum Gasteiger partial charge on any atom is -0.324 e. The van der Waals surface area contributed by atoms with Crippen molar-refractivity contribution in [2.75, 3.05) is 0 Å². The molecule has 1 aromatic rings. The standard InChI is InChI=1S/C15H19F2N/c16-13-8-5-9-14(17)12(13)10-15(18)11-6-3-1-2-4-7-11/h5-6,8-9,15H,1-4,7,10,18H2. The van der Waals surface area contributed by atoms with Gasteiger partial charge >= 0.3 is 0 Å². The van der Waals surface area contributed by atoms with Gasteiger partial charge in [0.25, 0.3) is 0 Å². The zero-order valence-electron chi connectivity index (χ0n) is 10.5. The molecule has 0 aromatic heterocycles. The van der Waals surface area contributed by atoms with Crippen LogP contribution in [0.5, 0.6) is 0 Å². The van der Waals surface area contributed by atoms with Gasteiger partial charge in [-0.05, 0) is 44.2 Å². The van der Waals surface area contributed by atoms with E-state index in [9.17, 15) is 8.78 Å². The average molecular weight is 251 g/mol. The Morgan fingerprint density at radius 2 is 1.83 bits per heavy atom. The summed E-state index contributed by atoms with van der Waals surface area (Å²) in [4.78, 5) is 0. The lowest BCUT2D eigenvalue weighted by molar-refractivity contribution is 0.542. The second kappa shape index (κ2) is 6.10. The lowest BCUT2D eigenvalue weighted by Gasteiger charge is -2.16. The quantitative estimate of drug-likeness (QED) is 0.814. The third-order valence-corrected chi connectivity index (χ3v) is 3.54. The van der Waals surface area contributed by atoms with Crippen molar-refractivity contribution in [2.45, 2.75) is 44.6 Å². The molecule has 0 aliphatic heterocycles. The van der Waals surface area contributed by atoms with Crippen LogP contribution in [0, 0.1) is 11.6 Å². The fourth-order valence-corrected chi connectivity index (χ4v) is 2.45. The highest BCUT2D eigenvalue weighted by Crippen LogP contribution is 2.22. The SMILES string of the molecule is NC(Cc1c(F)cccc1F)C1=CCCCCC1. The predicted molar refractivity (Wildman–Crippen MR) is 69.2 cm³/mol. The van der Waals surface area contributed by atoms with Crippen LogP contribution in [0.4, 0.5) is 8.78 Å². The van der Waals surface area contributed by atoms with Gasteiger partial charge in [-0.15, -0.1) is 0 Å². The summed E-state index contributed by atoms with van der Waals surface area (Å²) in [5, 5.41) is 0. The van der Waals surface area contributed by atoms with Crippen LogP contribution in [-0.2, 0) is 6.42 Å². The second-order valence-corrected chi connectivity index (χ2v) is 4.89. The zero-order valence-corrected chi connectivity index (χ0v) is 10.5. The molecular formula is C15H19F2N. The Labute approximate surface area is 107 Å². The van der Waals surface area contributed by atoms with Crippen molar-refractivity contribution in [3.63, 3.8) is 0 Å². The molecule has 1 aliphatic carbocycles. The fourth-order valence-electron chi connectivity index (χ4n) is 2.45. The molecule has 0 heterocycles. The second-order valence-electron chi connectivity index (χ2n) is 4.89. The number of hydrogen-bond acceptors (Lipinski definition) is 1. The third-order valence-electron chi connectivity index (χ3n) is 3.54. The monoisotopic (exact) mass is 251 g/mol. The molecule has 0 saturated heterocycles. The molecule has 1 aliphatic rings. The Bertz CT molecular complexity index is 420. The third kappa shape index (κ3) is 3.16. The lowest BCUT2D eigenvalue weighted by Crippen LogP contribution is -2.26. The Kier molecular flexibility index (Phi) is 4.48. The molecule has 1 atom stereocenters. The first kappa shape index (κ1) is 13.2. The maximum atomic E-state index is 13.5. The number of allylic oxidation sites excluding steroid dienone is 1. The highest BCUT2D eigenvalue weighted by Gasteiger charge is 2.16. The topological polar surface area (TPSA) is 26.0 Å². The molecule has 0 amide bonds. The summed E-state index contributed by atoms with van der Waals surface area (Å²) in [5.74, 6) is -1.00. The van der Waals surface area contributed by atoms with E-state index in [1.807, 2.05) is 0 Å². The van der Waals surface area contributed by atoms with Crippen molar-refractivity contribution in [2.24, 2.45) is 5.73 Å². The van der Waals surface area contributed by atoms with Crippen LogP contribution in [0.2, 0.25) is 0 Å². The lowest BCUT2D eigenvalue weighted by atomic mass is 9.96. The van der Waals surface area contributed by atoms with Crippen molar-refractivity contribution in [3.8, 4) is 0 Å². The minimum atomic E-state index is -0.500. The molecule has 0 spiro atoms. The highest BCUT2D eigenvalue weighted by molar-refractivity contribution is 5.24. The predicted octanol–water partition coefficient (Wildman–Crippen LogP) is 3.73. The number of rotatable bonds is 3. The molecule has 98 valence electrons. The molecule has 2 rings (SSSR count). The Morgan fingerprint density at radius 1 is 1.11 bits per heavy atom. The van der Waals surface area contributed by atoms with E-state index < -0.39 is 11.6 Å². The summed E-state index contributed by atoms with van der Waals surface area (Å²) in [6, 6.07) is 3.68. The van der Waals surface area contributed by atoms with Gasteiger partial charge in [0.2, 0.25) is 0 Å². The van der Waals surface area contributed by atoms with Gasteiger partial charge in [0.15, 0.2) is 0 Å². The first-order valence-electron chi connectivity index (χ1n) is 6.56. The molecule has 1 nitrogen and oxygen atoms in total. The molecule has 18 heavy (non-hydrogen) atoms. The van der Waals surface area contributed by atoms with Gasteiger partial charge in [0.1, 0.15) is 11.6 Å². The maximum absolute atomic E-state index is 13.5. The van der Waals surface area contributed by atoms with E-state index in [1.165, 1.54) is 31.0 Å². The van der Waals surface area contributed by atoms with Crippen LogP contribution in [0.3, 0.4) is 0 Å². The average Bonchev–Trinajstić information content (AvgIpc) is 2.62. The van der Waals surface area contributed by atoms with Crippen molar-refractivity contribution in [1.29, 1.82) is 0 Å². The molecule has 1 aromatic carbocycles. The van der Waals surface area contributed by atoms with E-state index in [4.69, 9.17) is 5.73 Å². The van der Waals surface area contributed by atoms with Gasteiger partial charge in [-0.2, -0.15) is 0 Å². The van der Waals surface area contributed by atoms with E-state index in [0.717, 1.165) is 24.8 Å². The summed E-state index contributed by atoms with van der Waals surface area (Å²) in [7, 11) is 0. The Balaban J connectivity index is 2.10. The van der Waals surface area contributed by atoms with E-state index in [1.54, 1.807) is 0 Å². The van der Waals surface area contributed by atoms with Crippen LogP contribution in [-0.4, -0.2) is 6.04 Å². The van der Waals surface area contributed by atoms with Gasteiger partial charge in [-0.3, -0.25) is 0 Å². The van der Waals surface area contributed by atoms with E-state index in [2.05, 4.69) is 6.08 Å². The van der Waals surface area contributed by atoms with Crippen molar-refractivity contribution < 1.29 is 8.78 Å². The van der Waals surface area contributed by atoms with Crippen LogP contribution < -0.4 is 5.73 Å². The molecular weight excluding hydrogens is 232 g/mol. The fraction of sp³-hybridized carbons (Fsp3) is 0.467. The van der Waals surface area contributed by atoms with E-state index in [-0.39, 0.29) is 18.0 Å². The van der Waals surface area contributed by atoms with Crippen LogP contribution in [0.15, 0.2) is 29.8 Å². The summed E-state index contributed by atoms with van der Waals surface area (Å²) in [5.41, 5.74) is 7.34. The smallest absolute Gasteiger partial charge is 0.129 e. The summed E-state index contributed by atoms with van der Waals surface area (Å²) < 4.78 is 27.1. The van der Waals surface area contributed by atoms with Gasteiger partial charge in [-0.1, -0.05) is 24.1 Å². The summed E-state index contributed by atoms with van der Waals surface area (Å²) in [6.07, 6.45) is 7.89. The van der Waals surface area contributed by atoms with Gasteiger partial charge < -0.3 is 5.73 Å². The normalized spacial score (nSPS) is 18.1. The summed E-state index contributed by atoms with van der Waals surface area (Å²) in [6.45, 7) is 0. The van der Waals surface area contributed by atoms with Crippen molar-refractivity contribution in [1.82, 2.24) is 0 Å². The first-order valence-corrected chi connectivity index (χ1v) is 6.56. The maximum Gasteiger partial charge on any atom is 0.129 e. The number of nitrogens with two attached hydrogens (primary N) is 1. The molecule has 0 saturated carbocycles.